The highest BCUT2D eigenvalue weighted by atomic mass is 16.5. The van der Waals surface area contributed by atoms with E-state index in [9.17, 15) is 19.8 Å². The number of azo groups is 1. The first-order valence-corrected chi connectivity index (χ1v) is 11.5. The molecular weight excluding hydrogens is 478 g/mol. The van der Waals surface area contributed by atoms with Gasteiger partial charge in [0.2, 0.25) is 5.88 Å². The molecule has 0 radical (unpaired) electrons. The smallest absolute Gasteiger partial charge is 0.332 e. The third kappa shape index (κ3) is 4.27. The zero-order valence-corrected chi connectivity index (χ0v) is 20.4. The van der Waals surface area contributed by atoms with E-state index in [1.165, 1.54) is 23.2 Å². The summed E-state index contributed by atoms with van der Waals surface area (Å²) in [7, 11) is 2.86. The number of imidazole rings is 1. The third-order valence-corrected chi connectivity index (χ3v) is 6.14. The van der Waals surface area contributed by atoms with Crippen LogP contribution in [0.4, 0.5) is 11.6 Å². The Morgan fingerprint density at radius 1 is 1.05 bits per heavy atom. The number of H-pyrrole nitrogens is 1. The molecule has 3 aromatic heterocycles. The van der Waals surface area contributed by atoms with Crippen molar-refractivity contribution in [3.05, 3.63) is 74.9 Å². The van der Waals surface area contributed by atoms with Crippen LogP contribution in [0.1, 0.15) is 5.56 Å². The molecule has 190 valence electrons. The molecular formula is C25H25N7O5. The van der Waals surface area contributed by atoms with Crippen molar-refractivity contribution in [2.75, 3.05) is 6.61 Å². The number of aromatic amines is 1. The van der Waals surface area contributed by atoms with Crippen LogP contribution in [-0.2, 0) is 20.6 Å². The van der Waals surface area contributed by atoms with Crippen LogP contribution in [0.2, 0.25) is 0 Å². The van der Waals surface area contributed by atoms with Crippen molar-refractivity contribution in [1.29, 1.82) is 0 Å². The Morgan fingerprint density at radius 3 is 2.57 bits per heavy atom. The van der Waals surface area contributed by atoms with Crippen LogP contribution < -0.4 is 16.0 Å². The minimum atomic E-state index is -1.05. The maximum Gasteiger partial charge on any atom is 0.332 e. The second-order valence-corrected chi connectivity index (χ2v) is 8.70. The normalized spacial score (nSPS) is 12.6. The van der Waals surface area contributed by atoms with Gasteiger partial charge in [-0.3, -0.25) is 18.5 Å². The molecule has 5 rings (SSSR count). The molecule has 0 saturated carbocycles. The molecule has 12 heteroatoms. The molecule has 0 spiro atoms. The van der Waals surface area contributed by atoms with Crippen LogP contribution in [0, 0.1) is 6.92 Å². The number of nitrogens with one attached hydrogen (secondary N) is 1. The number of hydrogen-bond donors (Lipinski definition) is 3. The Bertz CT molecular complexity index is 1780. The van der Waals surface area contributed by atoms with E-state index < -0.39 is 17.4 Å². The molecule has 0 saturated heterocycles. The molecule has 0 aliphatic rings. The first-order valence-electron chi connectivity index (χ1n) is 11.5. The zero-order chi connectivity index (χ0) is 26.3. The Labute approximate surface area is 209 Å². The molecule has 0 aliphatic heterocycles. The number of nitrogens with zero attached hydrogens (tertiary/aromatic N) is 6. The van der Waals surface area contributed by atoms with Crippen molar-refractivity contribution in [1.82, 2.24) is 23.7 Å². The highest BCUT2D eigenvalue weighted by Crippen LogP contribution is 2.36. The van der Waals surface area contributed by atoms with Crippen LogP contribution >= 0.6 is 0 Å². The molecule has 12 nitrogen and oxygen atoms in total. The van der Waals surface area contributed by atoms with E-state index in [0.717, 1.165) is 10.1 Å². The summed E-state index contributed by atoms with van der Waals surface area (Å²) in [6.45, 7) is 1.73. The van der Waals surface area contributed by atoms with E-state index in [-0.39, 0.29) is 41.8 Å². The number of aliphatic hydroxyl groups is 1. The number of ether oxygens (including phenoxy) is 1. The van der Waals surface area contributed by atoms with Crippen molar-refractivity contribution in [3.8, 4) is 11.6 Å². The Kier molecular flexibility index (Phi) is 6.09. The zero-order valence-electron chi connectivity index (χ0n) is 20.4. The summed E-state index contributed by atoms with van der Waals surface area (Å²) in [5, 5.41) is 30.2. The predicted octanol–water partition coefficient (Wildman–Crippen LogP) is 2.78. The van der Waals surface area contributed by atoms with Gasteiger partial charge in [-0.15, -0.1) is 10.2 Å². The lowest BCUT2D eigenvalue weighted by molar-refractivity contribution is 0.0934. The lowest BCUT2D eigenvalue weighted by atomic mass is 10.2. The van der Waals surface area contributed by atoms with Gasteiger partial charge in [0, 0.05) is 19.5 Å². The van der Waals surface area contributed by atoms with Gasteiger partial charge in [0.1, 0.15) is 18.5 Å². The van der Waals surface area contributed by atoms with Crippen LogP contribution in [0.3, 0.4) is 0 Å². The summed E-state index contributed by atoms with van der Waals surface area (Å²) in [6, 6.07) is 14.6. The standard InChI is InChI=1S/C25H25N7O5/c1-14-8-4-7-11-18(14)37-13-15(33)12-32-20-21(30(2)25(36)31(3)23(20)35)27-24(32)29-28-19-16-9-5-6-10-17(16)26-22(19)34/h4-11,15,26,33-34H,12-13H2,1-3H3/t15-/m1/s1. The van der Waals surface area contributed by atoms with Crippen LogP contribution in [-0.4, -0.2) is 46.6 Å². The SMILES string of the molecule is Cc1ccccc1OC[C@H](O)Cn1c(N=Nc2c(O)[nH]c3ccccc23)nc2c1c(=O)n(C)c(=O)n2C. The van der Waals surface area contributed by atoms with Gasteiger partial charge < -0.3 is 19.9 Å². The van der Waals surface area contributed by atoms with Crippen LogP contribution in [0.25, 0.3) is 22.1 Å². The molecule has 5 aromatic rings. The quantitative estimate of drug-likeness (QED) is 0.291. The molecule has 3 N–H and O–H groups in total. The maximum atomic E-state index is 13.1. The highest BCUT2D eigenvalue weighted by Gasteiger charge is 2.22. The number of aromatic nitrogens is 5. The number of aryl methyl sites for hydroxylation is 2. The summed E-state index contributed by atoms with van der Waals surface area (Å²) in [6.07, 6.45) is -1.05. The van der Waals surface area contributed by atoms with Crippen LogP contribution in [0.15, 0.2) is 68.3 Å². The molecule has 37 heavy (non-hydrogen) atoms. The monoisotopic (exact) mass is 503 g/mol. The Balaban J connectivity index is 1.57. The van der Waals surface area contributed by atoms with E-state index in [2.05, 4.69) is 20.2 Å². The molecule has 1 atom stereocenters. The van der Waals surface area contributed by atoms with Crippen molar-refractivity contribution in [2.45, 2.75) is 19.6 Å². The van der Waals surface area contributed by atoms with E-state index >= 15 is 0 Å². The highest BCUT2D eigenvalue weighted by molar-refractivity contribution is 5.94. The van der Waals surface area contributed by atoms with Gasteiger partial charge >= 0.3 is 5.69 Å². The minimum absolute atomic E-state index is 0.0204. The average Bonchev–Trinajstić information content (AvgIpc) is 3.41. The number of aromatic hydroxyl groups is 1. The van der Waals surface area contributed by atoms with Crippen molar-refractivity contribution >= 4 is 33.7 Å². The van der Waals surface area contributed by atoms with E-state index in [1.807, 2.05) is 31.2 Å². The number of aliphatic hydroxyl groups excluding tert-OH is 1. The van der Waals surface area contributed by atoms with Crippen molar-refractivity contribution in [3.63, 3.8) is 0 Å². The van der Waals surface area contributed by atoms with Crippen molar-refractivity contribution in [2.24, 2.45) is 24.3 Å². The molecule has 0 fully saturated rings. The van der Waals surface area contributed by atoms with Gasteiger partial charge in [0.25, 0.3) is 11.5 Å². The summed E-state index contributed by atoms with van der Waals surface area (Å²) in [5.74, 6) is 0.431. The van der Waals surface area contributed by atoms with Crippen molar-refractivity contribution < 1.29 is 14.9 Å². The van der Waals surface area contributed by atoms with Gasteiger partial charge in [-0.1, -0.05) is 36.4 Å². The fourth-order valence-corrected chi connectivity index (χ4v) is 4.16. The van der Waals surface area contributed by atoms with Crippen LogP contribution in [0.5, 0.6) is 11.6 Å². The Hall–Kier alpha value is -4.71. The van der Waals surface area contributed by atoms with E-state index in [0.29, 0.717) is 16.7 Å². The molecule has 3 heterocycles. The summed E-state index contributed by atoms with van der Waals surface area (Å²) in [4.78, 5) is 32.8. The fourth-order valence-electron chi connectivity index (χ4n) is 4.16. The van der Waals surface area contributed by atoms with E-state index in [1.54, 1.807) is 24.3 Å². The second kappa shape index (κ2) is 9.39. The van der Waals surface area contributed by atoms with Gasteiger partial charge in [-0.05, 0) is 24.6 Å². The predicted molar refractivity (Wildman–Crippen MR) is 137 cm³/mol. The lowest BCUT2D eigenvalue weighted by Crippen LogP contribution is -2.38. The number of fused-ring (bicyclic) bond motifs is 2. The van der Waals surface area contributed by atoms with E-state index in [4.69, 9.17) is 4.74 Å². The topological polar surface area (TPSA) is 152 Å². The lowest BCUT2D eigenvalue weighted by Gasteiger charge is -2.15. The number of hydrogen-bond acceptors (Lipinski definition) is 8. The molecule has 0 amide bonds. The largest absolute Gasteiger partial charge is 0.493 e. The molecule has 0 bridgehead atoms. The van der Waals surface area contributed by atoms with Gasteiger partial charge in [0.15, 0.2) is 16.9 Å². The minimum Gasteiger partial charge on any atom is -0.493 e. The van der Waals surface area contributed by atoms with Gasteiger partial charge in [-0.2, -0.15) is 4.98 Å². The third-order valence-electron chi connectivity index (χ3n) is 6.14. The fraction of sp³-hybridized carbons (Fsp3) is 0.240. The Morgan fingerprint density at radius 2 is 1.78 bits per heavy atom. The van der Waals surface area contributed by atoms with Gasteiger partial charge in [0.05, 0.1) is 12.1 Å². The second-order valence-electron chi connectivity index (χ2n) is 8.70. The summed E-state index contributed by atoms with van der Waals surface area (Å²) in [5.41, 5.74) is 0.813. The first-order chi connectivity index (χ1) is 17.8. The number of benzene rings is 2. The molecule has 0 unspecified atom stereocenters. The molecule has 0 aliphatic carbocycles. The van der Waals surface area contributed by atoms with Gasteiger partial charge in [-0.25, -0.2) is 4.79 Å². The maximum absolute atomic E-state index is 13.1. The molecule has 2 aromatic carbocycles. The number of rotatable bonds is 7. The number of para-hydroxylation sites is 2. The average molecular weight is 504 g/mol. The summed E-state index contributed by atoms with van der Waals surface area (Å²) < 4.78 is 9.36. The first kappa shape index (κ1) is 24.0. The summed E-state index contributed by atoms with van der Waals surface area (Å²) >= 11 is 0.